The summed E-state index contributed by atoms with van der Waals surface area (Å²) in [6.07, 6.45) is 0. The van der Waals surface area contributed by atoms with Crippen molar-refractivity contribution in [2.45, 2.75) is 13.0 Å². The predicted octanol–water partition coefficient (Wildman–Crippen LogP) is 1.70. The number of carbonyl (C=O) groups excluding carboxylic acids is 1. The number of nitrogens with zero attached hydrogens (tertiary/aromatic N) is 2. The molecule has 1 N–H and O–H groups in total. The van der Waals surface area contributed by atoms with E-state index in [1.165, 1.54) is 12.1 Å². The largest absolute Gasteiger partial charge is 0.464 e. The number of benzene rings is 1. The van der Waals surface area contributed by atoms with Gasteiger partial charge >= 0.3 is 5.97 Å². The Kier molecular flexibility index (Phi) is 5.13. The van der Waals surface area contributed by atoms with Crippen LogP contribution < -0.4 is 10.2 Å². The Labute approximate surface area is 130 Å². The highest BCUT2D eigenvalue weighted by Crippen LogP contribution is 2.32. The van der Waals surface area contributed by atoms with E-state index >= 15 is 0 Å². The number of carbonyl (C=O) groups is 1. The van der Waals surface area contributed by atoms with Crippen LogP contribution >= 0.6 is 15.9 Å². The summed E-state index contributed by atoms with van der Waals surface area (Å²) in [5.74, 6) is -0.296. The number of hydrogen-bond donors (Lipinski definition) is 1. The van der Waals surface area contributed by atoms with E-state index in [1.807, 2.05) is 4.90 Å². The number of anilines is 1. The minimum atomic E-state index is -0.449. The third-order valence-corrected chi connectivity index (χ3v) is 3.89. The fourth-order valence-electron chi connectivity index (χ4n) is 2.28. The molecule has 0 radical (unpaired) electrons. The van der Waals surface area contributed by atoms with Crippen molar-refractivity contribution in [2.75, 3.05) is 31.1 Å². The van der Waals surface area contributed by atoms with Gasteiger partial charge in [0.2, 0.25) is 0 Å². The summed E-state index contributed by atoms with van der Waals surface area (Å²) < 4.78 is 5.68. The first-order valence-corrected chi connectivity index (χ1v) is 7.41. The van der Waals surface area contributed by atoms with Gasteiger partial charge in [-0.3, -0.25) is 10.1 Å². The molecule has 1 saturated heterocycles. The number of nitrogens with one attached hydrogen (secondary N) is 1. The van der Waals surface area contributed by atoms with Crippen molar-refractivity contribution >= 4 is 33.3 Å². The van der Waals surface area contributed by atoms with Gasteiger partial charge in [0.05, 0.1) is 17.2 Å². The topological polar surface area (TPSA) is 84.7 Å². The third kappa shape index (κ3) is 3.51. The molecule has 2 rings (SSSR count). The van der Waals surface area contributed by atoms with Crippen LogP contribution in [0.15, 0.2) is 22.7 Å². The van der Waals surface area contributed by atoms with Gasteiger partial charge < -0.3 is 15.0 Å². The lowest BCUT2D eigenvalue weighted by atomic mass is 10.1. The molecular weight excluding hydrogens is 342 g/mol. The first-order valence-electron chi connectivity index (χ1n) is 6.62. The summed E-state index contributed by atoms with van der Waals surface area (Å²) in [7, 11) is 0. The smallest absolute Gasteiger partial charge is 0.330 e. The van der Waals surface area contributed by atoms with Gasteiger partial charge in [-0.15, -0.1) is 0 Å². The van der Waals surface area contributed by atoms with E-state index < -0.39 is 11.0 Å². The fraction of sp³-hybridized carbons (Fsp3) is 0.462. The zero-order valence-corrected chi connectivity index (χ0v) is 13.1. The van der Waals surface area contributed by atoms with E-state index in [2.05, 4.69) is 21.2 Å². The number of nitro groups is 1. The lowest BCUT2D eigenvalue weighted by molar-refractivity contribution is -0.384. The Hall–Kier alpha value is -1.67. The Morgan fingerprint density at radius 1 is 1.62 bits per heavy atom. The summed E-state index contributed by atoms with van der Waals surface area (Å²) in [5.41, 5.74) is 0.758. The monoisotopic (exact) mass is 357 g/mol. The van der Waals surface area contributed by atoms with Crippen LogP contribution in [0.25, 0.3) is 0 Å². The maximum absolute atomic E-state index is 12.0. The second kappa shape index (κ2) is 6.86. The van der Waals surface area contributed by atoms with E-state index in [4.69, 9.17) is 4.74 Å². The molecule has 1 fully saturated rings. The summed E-state index contributed by atoms with van der Waals surface area (Å²) >= 11 is 3.35. The van der Waals surface area contributed by atoms with Gasteiger partial charge in [0.25, 0.3) is 5.69 Å². The summed E-state index contributed by atoms with van der Waals surface area (Å²) in [5, 5.41) is 13.9. The summed E-state index contributed by atoms with van der Waals surface area (Å²) in [6, 6.07) is 4.10. The zero-order valence-electron chi connectivity index (χ0n) is 11.5. The number of piperazine rings is 1. The molecule has 1 unspecified atom stereocenters. The highest BCUT2D eigenvalue weighted by atomic mass is 79.9. The standard InChI is InChI=1S/C13H16BrN3O4/c1-2-21-13(18)12-8-15-5-6-16(12)11-4-3-9(17(19)20)7-10(11)14/h3-4,7,12,15H,2,5-6,8H2,1H3. The third-order valence-electron chi connectivity index (χ3n) is 3.25. The number of rotatable bonds is 4. The zero-order chi connectivity index (χ0) is 15.4. The molecule has 1 atom stereocenters. The van der Waals surface area contributed by atoms with Crippen LogP contribution in [-0.4, -0.2) is 43.2 Å². The minimum Gasteiger partial charge on any atom is -0.464 e. The lowest BCUT2D eigenvalue weighted by Crippen LogP contribution is -2.55. The van der Waals surface area contributed by atoms with Crippen molar-refractivity contribution in [3.8, 4) is 0 Å². The Bertz CT molecular complexity index is 552. The summed E-state index contributed by atoms with van der Waals surface area (Å²) in [6.45, 7) is 3.94. The summed E-state index contributed by atoms with van der Waals surface area (Å²) in [4.78, 5) is 24.3. The maximum atomic E-state index is 12.0. The normalized spacial score (nSPS) is 18.4. The van der Waals surface area contributed by atoms with Gasteiger partial charge in [0.15, 0.2) is 0 Å². The van der Waals surface area contributed by atoms with Gasteiger partial charge in [0, 0.05) is 36.2 Å². The van der Waals surface area contributed by atoms with E-state index in [0.717, 1.165) is 12.2 Å². The van der Waals surface area contributed by atoms with Crippen LogP contribution in [0.4, 0.5) is 11.4 Å². The minimum absolute atomic E-state index is 0.00782. The van der Waals surface area contributed by atoms with Crippen LogP contribution in [0.5, 0.6) is 0 Å². The first kappa shape index (κ1) is 15.7. The van der Waals surface area contributed by atoms with Gasteiger partial charge in [-0.2, -0.15) is 0 Å². The van der Waals surface area contributed by atoms with Crippen molar-refractivity contribution in [1.29, 1.82) is 0 Å². The molecule has 0 aliphatic carbocycles. The average Bonchev–Trinajstić information content (AvgIpc) is 2.47. The van der Waals surface area contributed by atoms with Crippen LogP contribution in [0.3, 0.4) is 0 Å². The van der Waals surface area contributed by atoms with E-state index in [9.17, 15) is 14.9 Å². The molecule has 1 aliphatic heterocycles. The van der Waals surface area contributed by atoms with Crippen LogP contribution in [0, 0.1) is 10.1 Å². The first-order chi connectivity index (χ1) is 10.0. The Morgan fingerprint density at radius 3 is 3.00 bits per heavy atom. The lowest BCUT2D eigenvalue weighted by Gasteiger charge is -2.36. The Morgan fingerprint density at radius 2 is 2.38 bits per heavy atom. The predicted molar refractivity (Wildman–Crippen MR) is 81.4 cm³/mol. The van der Waals surface area contributed by atoms with Gasteiger partial charge in [0.1, 0.15) is 6.04 Å². The van der Waals surface area contributed by atoms with Crippen molar-refractivity contribution in [2.24, 2.45) is 0 Å². The van der Waals surface area contributed by atoms with Crippen molar-refractivity contribution in [1.82, 2.24) is 5.32 Å². The molecule has 0 aromatic heterocycles. The van der Waals surface area contributed by atoms with Gasteiger partial charge in [-0.25, -0.2) is 4.79 Å². The highest BCUT2D eigenvalue weighted by molar-refractivity contribution is 9.10. The van der Waals surface area contributed by atoms with Gasteiger partial charge in [-0.05, 0) is 28.9 Å². The molecule has 0 bridgehead atoms. The maximum Gasteiger partial charge on any atom is 0.330 e. The number of hydrogen-bond acceptors (Lipinski definition) is 6. The molecular formula is C13H16BrN3O4. The van der Waals surface area contributed by atoms with Crippen LogP contribution in [-0.2, 0) is 9.53 Å². The van der Waals surface area contributed by atoms with Crippen LogP contribution in [0.1, 0.15) is 6.92 Å². The molecule has 1 aliphatic rings. The van der Waals surface area contributed by atoms with E-state index in [0.29, 0.717) is 24.2 Å². The molecule has 0 spiro atoms. The van der Waals surface area contributed by atoms with Crippen molar-refractivity contribution < 1.29 is 14.5 Å². The second-order valence-corrected chi connectivity index (χ2v) is 5.41. The van der Waals surface area contributed by atoms with Gasteiger partial charge in [-0.1, -0.05) is 0 Å². The quantitative estimate of drug-likeness (QED) is 0.501. The van der Waals surface area contributed by atoms with E-state index in [1.54, 1.807) is 13.0 Å². The molecule has 7 nitrogen and oxygen atoms in total. The molecule has 8 heteroatoms. The number of halogens is 1. The fourth-order valence-corrected chi connectivity index (χ4v) is 2.88. The number of non-ortho nitro benzene ring substituents is 1. The Balaban J connectivity index is 2.29. The SMILES string of the molecule is CCOC(=O)C1CNCCN1c1ccc([N+](=O)[O-])cc1Br. The molecule has 1 aromatic carbocycles. The number of esters is 1. The molecule has 21 heavy (non-hydrogen) atoms. The molecule has 0 amide bonds. The van der Waals surface area contributed by atoms with Crippen molar-refractivity contribution in [3.05, 3.63) is 32.8 Å². The molecule has 1 aromatic rings. The second-order valence-electron chi connectivity index (χ2n) is 4.56. The highest BCUT2D eigenvalue weighted by Gasteiger charge is 2.31. The average molecular weight is 358 g/mol. The molecule has 1 heterocycles. The van der Waals surface area contributed by atoms with Crippen LogP contribution in [0.2, 0.25) is 0 Å². The number of ether oxygens (including phenoxy) is 1. The molecule has 0 saturated carbocycles. The number of nitro benzene ring substituents is 1. The van der Waals surface area contributed by atoms with Crippen molar-refractivity contribution in [3.63, 3.8) is 0 Å². The molecule has 114 valence electrons. The van der Waals surface area contributed by atoms with E-state index in [-0.39, 0.29) is 11.7 Å².